The molecule has 0 aliphatic rings. The van der Waals surface area contributed by atoms with Crippen molar-refractivity contribution in [3.8, 4) is 5.75 Å². The van der Waals surface area contributed by atoms with Gasteiger partial charge in [-0.25, -0.2) is 4.98 Å². The first-order valence-electron chi connectivity index (χ1n) is 9.56. The molecule has 0 bridgehead atoms. The Labute approximate surface area is 182 Å². The van der Waals surface area contributed by atoms with E-state index in [1.807, 2.05) is 36.5 Å². The predicted molar refractivity (Wildman–Crippen MR) is 123 cm³/mol. The highest BCUT2D eigenvalue weighted by Gasteiger charge is 2.08. The van der Waals surface area contributed by atoms with Crippen LogP contribution in [0.5, 0.6) is 5.75 Å². The smallest absolute Gasteiger partial charge is 0.229 e. The van der Waals surface area contributed by atoms with E-state index in [0.717, 1.165) is 45.5 Å². The first-order chi connectivity index (χ1) is 14.7. The molecule has 0 atom stereocenters. The summed E-state index contributed by atoms with van der Waals surface area (Å²) in [6.07, 6.45) is 4.49. The van der Waals surface area contributed by atoms with Crippen LogP contribution in [0.25, 0.3) is 10.9 Å². The minimum Gasteiger partial charge on any atom is -0.497 e. The van der Waals surface area contributed by atoms with Crippen LogP contribution in [0.3, 0.4) is 0 Å². The van der Waals surface area contributed by atoms with Crippen molar-refractivity contribution in [1.82, 2.24) is 14.5 Å². The van der Waals surface area contributed by atoms with Crippen molar-refractivity contribution in [2.24, 2.45) is 0 Å². The van der Waals surface area contributed by atoms with E-state index in [1.165, 1.54) is 0 Å². The zero-order valence-electron chi connectivity index (χ0n) is 16.5. The highest BCUT2D eigenvalue weighted by molar-refractivity contribution is 9.10. The van der Waals surface area contributed by atoms with Crippen molar-refractivity contribution in [3.63, 3.8) is 0 Å². The summed E-state index contributed by atoms with van der Waals surface area (Å²) in [5.41, 5.74) is 2.93. The van der Waals surface area contributed by atoms with Crippen LogP contribution in [0.4, 0.5) is 23.1 Å². The highest BCUT2D eigenvalue weighted by Crippen LogP contribution is 2.27. The Morgan fingerprint density at radius 3 is 2.63 bits per heavy atom. The molecule has 154 valence electrons. The third-order valence-electron chi connectivity index (χ3n) is 4.68. The van der Waals surface area contributed by atoms with Crippen LogP contribution < -0.4 is 15.4 Å². The van der Waals surface area contributed by atoms with Crippen molar-refractivity contribution in [3.05, 3.63) is 65.4 Å². The Morgan fingerprint density at radius 1 is 1.07 bits per heavy atom. The van der Waals surface area contributed by atoms with E-state index in [2.05, 4.69) is 59.3 Å². The number of benzene rings is 2. The summed E-state index contributed by atoms with van der Waals surface area (Å²) in [6, 6.07) is 15.8. The summed E-state index contributed by atoms with van der Waals surface area (Å²) in [5.74, 6) is 1.95. The van der Waals surface area contributed by atoms with Crippen molar-refractivity contribution in [2.75, 3.05) is 24.4 Å². The van der Waals surface area contributed by atoms with E-state index in [9.17, 15) is 0 Å². The molecular weight excluding hydrogens is 446 g/mol. The fourth-order valence-electron chi connectivity index (χ4n) is 3.17. The average molecular weight is 468 g/mol. The van der Waals surface area contributed by atoms with Crippen LogP contribution >= 0.6 is 15.9 Å². The standard InChI is InChI=1S/C22H22BrN5O2/c1-30-18-6-3-16(4-7-18)25-21-19(23)14-24-22(27-21)26-17-5-8-20-15(13-17)9-11-28(20)10-2-12-29/h3-9,11,13-14,29H,2,10,12H2,1H3,(H2,24,25,26,27). The number of ether oxygens (including phenoxy) is 1. The number of aliphatic hydroxyl groups excluding tert-OH is 1. The summed E-state index contributed by atoms with van der Waals surface area (Å²) in [4.78, 5) is 8.95. The number of aromatic nitrogens is 3. The molecule has 0 saturated heterocycles. The zero-order chi connectivity index (χ0) is 20.9. The minimum absolute atomic E-state index is 0.188. The molecule has 0 aliphatic heterocycles. The average Bonchev–Trinajstić information content (AvgIpc) is 3.17. The van der Waals surface area contributed by atoms with E-state index in [1.54, 1.807) is 13.3 Å². The summed E-state index contributed by atoms with van der Waals surface area (Å²) < 4.78 is 8.10. The molecule has 0 spiro atoms. The van der Waals surface area contributed by atoms with Gasteiger partial charge in [-0.2, -0.15) is 4.98 Å². The topological polar surface area (TPSA) is 84.2 Å². The Morgan fingerprint density at radius 2 is 1.87 bits per heavy atom. The summed E-state index contributed by atoms with van der Waals surface area (Å²) in [7, 11) is 1.64. The van der Waals surface area contributed by atoms with Gasteiger partial charge in [0.1, 0.15) is 11.6 Å². The van der Waals surface area contributed by atoms with Gasteiger partial charge >= 0.3 is 0 Å². The summed E-state index contributed by atoms with van der Waals surface area (Å²) >= 11 is 3.50. The van der Waals surface area contributed by atoms with E-state index in [-0.39, 0.29) is 6.61 Å². The lowest BCUT2D eigenvalue weighted by Gasteiger charge is -2.11. The van der Waals surface area contributed by atoms with Gasteiger partial charge in [-0.05, 0) is 70.9 Å². The van der Waals surface area contributed by atoms with E-state index < -0.39 is 0 Å². The Bertz CT molecular complexity index is 1140. The molecule has 8 heteroatoms. The van der Waals surface area contributed by atoms with E-state index in [0.29, 0.717) is 11.8 Å². The molecule has 2 aromatic heterocycles. The van der Waals surface area contributed by atoms with Crippen LogP contribution in [0, 0.1) is 0 Å². The Balaban J connectivity index is 1.52. The number of aryl methyl sites for hydroxylation is 1. The van der Waals surface area contributed by atoms with E-state index in [4.69, 9.17) is 9.84 Å². The van der Waals surface area contributed by atoms with Gasteiger partial charge in [0.2, 0.25) is 5.95 Å². The van der Waals surface area contributed by atoms with Gasteiger partial charge in [-0.1, -0.05) is 0 Å². The number of aliphatic hydroxyl groups is 1. The Kier molecular flexibility index (Phi) is 6.15. The van der Waals surface area contributed by atoms with Gasteiger partial charge in [0.05, 0.1) is 11.6 Å². The van der Waals surface area contributed by atoms with Gasteiger partial charge in [-0.15, -0.1) is 0 Å². The molecular formula is C22H22BrN5O2. The lowest BCUT2D eigenvalue weighted by molar-refractivity contribution is 0.280. The molecule has 4 rings (SSSR count). The zero-order valence-corrected chi connectivity index (χ0v) is 18.1. The highest BCUT2D eigenvalue weighted by atomic mass is 79.9. The second-order valence-electron chi connectivity index (χ2n) is 6.73. The molecule has 7 nitrogen and oxygen atoms in total. The molecule has 30 heavy (non-hydrogen) atoms. The van der Waals surface area contributed by atoms with Crippen LogP contribution in [0.1, 0.15) is 6.42 Å². The van der Waals surface area contributed by atoms with Crippen molar-refractivity contribution in [2.45, 2.75) is 13.0 Å². The maximum atomic E-state index is 9.05. The third-order valence-corrected chi connectivity index (χ3v) is 5.26. The number of anilines is 4. The fraction of sp³-hybridized carbons (Fsp3) is 0.182. The minimum atomic E-state index is 0.188. The van der Waals surface area contributed by atoms with Crippen LogP contribution in [0.2, 0.25) is 0 Å². The van der Waals surface area contributed by atoms with Crippen LogP contribution in [-0.4, -0.2) is 33.4 Å². The van der Waals surface area contributed by atoms with Gasteiger partial charge in [0.15, 0.2) is 0 Å². The summed E-state index contributed by atoms with van der Waals surface area (Å²) in [6.45, 7) is 0.982. The van der Waals surface area contributed by atoms with Gasteiger partial charge < -0.3 is 25.0 Å². The maximum absolute atomic E-state index is 9.05. The number of fused-ring (bicyclic) bond motifs is 1. The number of hydrogen-bond donors (Lipinski definition) is 3. The molecule has 0 aliphatic carbocycles. The first kappa shape index (κ1) is 20.2. The lowest BCUT2D eigenvalue weighted by atomic mass is 10.2. The van der Waals surface area contributed by atoms with E-state index >= 15 is 0 Å². The van der Waals surface area contributed by atoms with Crippen LogP contribution in [-0.2, 0) is 6.54 Å². The summed E-state index contributed by atoms with van der Waals surface area (Å²) in [5, 5.41) is 16.7. The predicted octanol–water partition coefficient (Wildman–Crippen LogP) is 5.07. The number of halogens is 1. The number of rotatable bonds is 8. The molecule has 0 saturated carbocycles. The maximum Gasteiger partial charge on any atom is 0.229 e. The molecule has 0 amide bonds. The second kappa shape index (κ2) is 9.15. The van der Waals surface area contributed by atoms with Gasteiger partial charge in [0.25, 0.3) is 0 Å². The van der Waals surface area contributed by atoms with Gasteiger partial charge in [-0.3, -0.25) is 0 Å². The molecule has 0 fully saturated rings. The molecule has 2 aromatic carbocycles. The van der Waals surface area contributed by atoms with Crippen LogP contribution in [0.15, 0.2) is 65.4 Å². The largest absolute Gasteiger partial charge is 0.497 e. The third kappa shape index (κ3) is 4.55. The fourth-order valence-corrected chi connectivity index (χ4v) is 3.46. The molecule has 4 aromatic rings. The molecule has 0 unspecified atom stereocenters. The lowest BCUT2D eigenvalue weighted by Crippen LogP contribution is -2.02. The Hall–Kier alpha value is -3.10. The quantitative estimate of drug-likeness (QED) is 0.335. The van der Waals surface area contributed by atoms with Gasteiger partial charge in [0, 0.05) is 47.8 Å². The number of hydrogen-bond acceptors (Lipinski definition) is 6. The second-order valence-corrected chi connectivity index (χ2v) is 7.58. The molecule has 2 heterocycles. The molecule has 0 radical (unpaired) electrons. The first-order valence-corrected chi connectivity index (χ1v) is 10.4. The number of nitrogens with one attached hydrogen (secondary N) is 2. The molecule has 3 N–H and O–H groups in total. The number of nitrogens with zero attached hydrogens (tertiary/aromatic N) is 3. The van der Waals surface area contributed by atoms with Crippen molar-refractivity contribution in [1.29, 1.82) is 0 Å². The monoisotopic (exact) mass is 467 g/mol. The van der Waals surface area contributed by atoms with Crippen molar-refractivity contribution >= 4 is 50.0 Å². The normalized spacial score (nSPS) is 10.9. The number of methoxy groups -OCH3 is 1. The SMILES string of the molecule is COc1ccc(Nc2nc(Nc3ccc4c(ccn4CCCO)c3)ncc2Br)cc1. The van der Waals surface area contributed by atoms with Crippen molar-refractivity contribution < 1.29 is 9.84 Å².